The summed E-state index contributed by atoms with van der Waals surface area (Å²) in [5.74, 6) is 0.337. The fourth-order valence-electron chi connectivity index (χ4n) is 1.71. The fraction of sp³-hybridized carbons (Fsp3) is 0.500. The van der Waals surface area contributed by atoms with Crippen molar-refractivity contribution in [2.24, 2.45) is 0 Å². The zero-order chi connectivity index (χ0) is 11.5. The van der Waals surface area contributed by atoms with Gasteiger partial charge in [0.05, 0.1) is 6.54 Å². The molecular formula is C10H14N4O2. The molecule has 0 saturated carbocycles. The van der Waals surface area contributed by atoms with Crippen LogP contribution in [0.3, 0.4) is 0 Å². The van der Waals surface area contributed by atoms with Gasteiger partial charge in [-0.05, 0) is 13.3 Å². The number of hydrogen-bond acceptors (Lipinski definition) is 3. The van der Waals surface area contributed by atoms with Gasteiger partial charge in [-0.3, -0.25) is 14.7 Å². The van der Waals surface area contributed by atoms with E-state index in [1.165, 1.54) is 0 Å². The molecule has 16 heavy (non-hydrogen) atoms. The molecule has 0 atom stereocenters. The smallest absolute Gasteiger partial charge is 0.245 e. The molecule has 0 unspecified atom stereocenters. The van der Waals surface area contributed by atoms with E-state index < -0.39 is 0 Å². The van der Waals surface area contributed by atoms with E-state index in [4.69, 9.17) is 0 Å². The molecule has 0 bridgehead atoms. The molecule has 6 nitrogen and oxygen atoms in total. The van der Waals surface area contributed by atoms with Crippen molar-refractivity contribution < 1.29 is 9.59 Å². The highest BCUT2D eigenvalue weighted by Crippen LogP contribution is 2.09. The largest absolute Gasteiger partial charge is 0.333 e. The van der Waals surface area contributed by atoms with Gasteiger partial charge in [0.15, 0.2) is 5.82 Å². The molecule has 1 aromatic heterocycles. The number of rotatable bonds is 3. The van der Waals surface area contributed by atoms with E-state index in [1.54, 1.807) is 11.0 Å². The van der Waals surface area contributed by atoms with Gasteiger partial charge in [-0.25, -0.2) is 0 Å². The molecule has 1 aromatic rings. The van der Waals surface area contributed by atoms with Gasteiger partial charge < -0.3 is 10.2 Å². The SMILES string of the molecule is Cc1cc(NC(=O)CN2CCCC2=O)n[nH]1. The lowest BCUT2D eigenvalue weighted by molar-refractivity contribution is -0.131. The van der Waals surface area contributed by atoms with Gasteiger partial charge in [-0.15, -0.1) is 0 Å². The first-order chi connectivity index (χ1) is 7.65. The lowest BCUT2D eigenvalue weighted by Gasteiger charge is -2.13. The van der Waals surface area contributed by atoms with Gasteiger partial charge in [0.25, 0.3) is 0 Å². The molecule has 6 heteroatoms. The van der Waals surface area contributed by atoms with Crippen molar-refractivity contribution in [2.45, 2.75) is 19.8 Å². The number of likely N-dealkylation sites (tertiary alicyclic amines) is 1. The number of aromatic nitrogens is 2. The first kappa shape index (κ1) is 10.7. The molecule has 0 spiro atoms. The maximum Gasteiger partial charge on any atom is 0.245 e. The lowest BCUT2D eigenvalue weighted by atomic mass is 10.4. The quantitative estimate of drug-likeness (QED) is 0.771. The Morgan fingerprint density at radius 2 is 2.50 bits per heavy atom. The third-order valence-electron chi connectivity index (χ3n) is 2.48. The normalized spacial score (nSPS) is 15.6. The first-order valence-corrected chi connectivity index (χ1v) is 5.25. The average molecular weight is 222 g/mol. The van der Waals surface area contributed by atoms with Crippen LogP contribution in [0.15, 0.2) is 6.07 Å². The number of carbonyl (C=O) groups excluding carboxylic acids is 2. The van der Waals surface area contributed by atoms with Crippen molar-refractivity contribution in [1.29, 1.82) is 0 Å². The second kappa shape index (κ2) is 4.34. The zero-order valence-corrected chi connectivity index (χ0v) is 9.12. The molecule has 86 valence electrons. The maximum atomic E-state index is 11.6. The molecule has 1 aliphatic heterocycles. The number of aryl methyl sites for hydroxylation is 1. The van der Waals surface area contributed by atoms with Gasteiger partial charge in [0.1, 0.15) is 0 Å². The maximum absolute atomic E-state index is 11.6. The Balaban J connectivity index is 1.86. The summed E-state index contributed by atoms with van der Waals surface area (Å²) >= 11 is 0. The predicted molar refractivity (Wildman–Crippen MR) is 57.8 cm³/mol. The summed E-state index contributed by atoms with van der Waals surface area (Å²) in [6.45, 7) is 2.64. The molecule has 0 aliphatic carbocycles. The van der Waals surface area contributed by atoms with Crippen molar-refractivity contribution in [3.8, 4) is 0 Å². The van der Waals surface area contributed by atoms with Crippen LogP contribution in [0.4, 0.5) is 5.82 Å². The standard InChI is InChI=1S/C10H14N4O2/c1-7-5-8(13-12-7)11-9(15)6-14-4-2-3-10(14)16/h5H,2-4,6H2,1H3,(H2,11,12,13,15). The Morgan fingerprint density at radius 3 is 3.06 bits per heavy atom. The summed E-state index contributed by atoms with van der Waals surface area (Å²) in [7, 11) is 0. The number of H-pyrrole nitrogens is 1. The molecule has 1 saturated heterocycles. The van der Waals surface area contributed by atoms with E-state index in [9.17, 15) is 9.59 Å². The van der Waals surface area contributed by atoms with Gasteiger partial charge in [-0.1, -0.05) is 0 Å². The van der Waals surface area contributed by atoms with Crippen LogP contribution >= 0.6 is 0 Å². The average Bonchev–Trinajstić information content (AvgIpc) is 2.77. The minimum Gasteiger partial charge on any atom is -0.333 e. The molecule has 1 aliphatic rings. The topological polar surface area (TPSA) is 78.1 Å². The molecule has 1 fully saturated rings. The Hall–Kier alpha value is -1.85. The van der Waals surface area contributed by atoms with Crippen molar-refractivity contribution in [2.75, 3.05) is 18.4 Å². The van der Waals surface area contributed by atoms with E-state index in [0.29, 0.717) is 18.8 Å². The molecule has 2 heterocycles. The summed E-state index contributed by atoms with van der Waals surface area (Å²) in [6.07, 6.45) is 1.39. The van der Waals surface area contributed by atoms with Crippen LogP contribution in [0.2, 0.25) is 0 Å². The van der Waals surface area contributed by atoms with E-state index in [1.807, 2.05) is 6.92 Å². The minimum atomic E-state index is -0.207. The number of carbonyl (C=O) groups is 2. The van der Waals surface area contributed by atoms with Crippen molar-refractivity contribution >= 4 is 17.6 Å². The van der Waals surface area contributed by atoms with Gasteiger partial charge in [-0.2, -0.15) is 5.10 Å². The number of hydrogen-bond donors (Lipinski definition) is 2. The van der Waals surface area contributed by atoms with Crippen LogP contribution in [-0.4, -0.2) is 40.0 Å². The number of nitrogens with one attached hydrogen (secondary N) is 2. The molecule has 2 rings (SSSR count). The summed E-state index contributed by atoms with van der Waals surface area (Å²) in [4.78, 5) is 24.4. The Bertz CT molecular complexity index is 413. The van der Waals surface area contributed by atoms with Crippen LogP contribution in [-0.2, 0) is 9.59 Å². The van der Waals surface area contributed by atoms with E-state index >= 15 is 0 Å². The predicted octanol–water partition coefficient (Wildman–Crippen LogP) is 0.279. The molecule has 2 N–H and O–H groups in total. The monoisotopic (exact) mass is 222 g/mol. The van der Waals surface area contributed by atoms with Gasteiger partial charge in [0, 0.05) is 24.7 Å². The second-order valence-electron chi connectivity index (χ2n) is 3.90. The van der Waals surface area contributed by atoms with Gasteiger partial charge >= 0.3 is 0 Å². The van der Waals surface area contributed by atoms with Crippen LogP contribution in [0.5, 0.6) is 0 Å². The summed E-state index contributed by atoms with van der Waals surface area (Å²) in [6, 6.07) is 1.74. The fourth-order valence-corrected chi connectivity index (χ4v) is 1.71. The second-order valence-corrected chi connectivity index (χ2v) is 3.90. The highest BCUT2D eigenvalue weighted by atomic mass is 16.2. The highest BCUT2D eigenvalue weighted by Gasteiger charge is 2.22. The summed E-state index contributed by atoms with van der Waals surface area (Å²) in [5, 5.41) is 9.26. The molecule has 2 amide bonds. The Kier molecular flexibility index (Phi) is 2.89. The van der Waals surface area contributed by atoms with E-state index in [-0.39, 0.29) is 18.4 Å². The number of nitrogens with zero attached hydrogens (tertiary/aromatic N) is 2. The number of amides is 2. The molecule has 0 aromatic carbocycles. The van der Waals surface area contributed by atoms with E-state index in [2.05, 4.69) is 15.5 Å². The molecule has 0 radical (unpaired) electrons. The third kappa shape index (κ3) is 2.39. The lowest BCUT2D eigenvalue weighted by Crippen LogP contribution is -2.34. The first-order valence-electron chi connectivity index (χ1n) is 5.25. The summed E-state index contributed by atoms with van der Waals surface area (Å²) in [5.41, 5.74) is 0.882. The van der Waals surface area contributed by atoms with Crippen molar-refractivity contribution in [3.05, 3.63) is 11.8 Å². The van der Waals surface area contributed by atoms with Crippen molar-refractivity contribution in [3.63, 3.8) is 0 Å². The van der Waals surface area contributed by atoms with Gasteiger partial charge in [0.2, 0.25) is 11.8 Å². The molecular weight excluding hydrogens is 208 g/mol. The highest BCUT2D eigenvalue weighted by molar-refractivity contribution is 5.94. The Labute approximate surface area is 93.0 Å². The summed E-state index contributed by atoms with van der Waals surface area (Å²) < 4.78 is 0. The van der Waals surface area contributed by atoms with Crippen LogP contribution < -0.4 is 5.32 Å². The third-order valence-corrected chi connectivity index (χ3v) is 2.48. The van der Waals surface area contributed by atoms with E-state index in [0.717, 1.165) is 12.1 Å². The Morgan fingerprint density at radius 1 is 1.69 bits per heavy atom. The number of aromatic amines is 1. The minimum absolute atomic E-state index is 0.0494. The van der Waals surface area contributed by atoms with Crippen molar-refractivity contribution in [1.82, 2.24) is 15.1 Å². The number of anilines is 1. The zero-order valence-electron chi connectivity index (χ0n) is 9.12. The van der Waals surface area contributed by atoms with Crippen LogP contribution in [0.25, 0.3) is 0 Å². The van der Waals surface area contributed by atoms with Crippen LogP contribution in [0, 0.1) is 6.92 Å². The van der Waals surface area contributed by atoms with Crippen LogP contribution in [0.1, 0.15) is 18.5 Å².